The highest BCUT2D eigenvalue weighted by Crippen LogP contribution is 2.28. The molecule has 0 aromatic heterocycles. The molecule has 0 N–H and O–H groups in total. The quantitative estimate of drug-likeness (QED) is 0.713. The molecular weight excluding hydrogens is 300 g/mol. The van der Waals surface area contributed by atoms with Crippen molar-refractivity contribution in [2.24, 2.45) is 0 Å². The molecule has 0 spiro atoms. The van der Waals surface area contributed by atoms with Crippen molar-refractivity contribution in [3.63, 3.8) is 0 Å². The first kappa shape index (κ1) is 13.4. The van der Waals surface area contributed by atoms with E-state index < -0.39 is 0 Å². The van der Waals surface area contributed by atoms with Gasteiger partial charge in [0.15, 0.2) is 0 Å². The van der Waals surface area contributed by atoms with Gasteiger partial charge in [-0.25, -0.2) is 0 Å². The molecule has 1 heterocycles. The number of halogens is 2. The summed E-state index contributed by atoms with van der Waals surface area (Å²) in [7, 11) is 0. The zero-order chi connectivity index (χ0) is 12.1. The summed E-state index contributed by atoms with van der Waals surface area (Å²) in [5.41, 5.74) is 1.33. The summed E-state index contributed by atoms with van der Waals surface area (Å²) in [4.78, 5) is 0. The van der Waals surface area contributed by atoms with Gasteiger partial charge in [-0.05, 0) is 49.3 Å². The maximum absolute atomic E-state index is 6.08. The number of hydrogen-bond donors (Lipinski definition) is 0. The fourth-order valence-electron chi connectivity index (χ4n) is 2.35. The zero-order valence-corrected chi connectivity index (χ0v) is 12.2. The Hall–Kier alpha value is -0.0500. The molecule has 1 nitrogen and oxygen atoms in total. The predicted molar refractivity (Wildman–Crippen MR) is 75.8 cm³/mol. The highest BCUT2D eigenvalue weighted by molar-refractivity contribution is 9.10. The number of ether oxygens (including phenoxy) is 1. The number of rotatable bonds is 5. The average molecular weight is 318 g/mol. The van der Waals surface area contributed by atoms with E-state index in [0.29, 0.717) is 17.9 Å². The van der Waals surface area contributed by atoms with Crippen LogP contribution in [0.3, 0.4) is 0 Å². The lowest BCUT2D eigenvalue weighted by Gasteiger charge is -2.17. The Labute approximate surface area is 117 Å². The molecule has 3 heteroatoms. The second kappa shape index (κ2) is 6.77. The van der Waals surface area contributed by atoms with Crippen LogP contribution in [0.2, 0.25) is 0 Å². The smallest absolute Gasteiger partial charge is 0.0576 e. The molecule has 1 saturated heterocycles. The van der Waals surface area contributed by atoms with Crippen molar-refractivity contribution in [1.82, 2.24) is 0 Å². The molecule has 1 aromatic rings. The Morgan fingerprint density at radius 3 is 3.00 bits per heavy atom. The molecule has 0 bridgehead atoms. The summed E-state index contributed by atoms with van der Waals surface area (Å²) >= 11 is 9.59. The molecular formula is C14H18BrClO. The Balaban J connectivity index is 1.91. The van der Waals surface area contributed by atoms with E-state index >= 15 is 0 Å². The standard InChI is InChI=1S/C14H18BrClO/c15-13-4-1-3-11(9-13)12(10-16)6-7-14-5-2-8-17-14/h1,3-4,9,12,14H,2,5-8,10H2. The van der Waals surface area contributed by atoms with E-state index in [9.17, 15) is 0 Å². The van der Waals surface area contributed by atoms with Crippen molar-refractivity contribution in [2.75, 3.05) is 12.5 Å². The van der Waals surface area contributed by atoms with Gasteiger partial charge in [0, 0.05) is 17.0 Å². The first-order valence-electron chi connectivity index (χ1n) is 6.22. The third-order valence-electron chi connectivity index (χ3n) is 3.37. The van der Waals surface area contributed by atoms with Crippen molar-refractivity contribution >= 4 is 27.5 Å². The molecule has 1 aromatic carbocycles. The summed E-state index contributed by atoms with van der Waals surface area (Å²) in [5, 5.41) is 0. The SMILES string of the molecule is ClCC(CCC1CCCO1)c1cccc(Br)c1. The van der Waals surface area contributed by atoms with Crippen molar-refractivity contribution in [2.45, 2.75) is 37.7 Å². The van der Waals surface area contributed by atoms with E-state index in [1.165, 1.54) is 18.4 Å². The number of benzene rings is 1. The summed E-state index contributed by atoms with van der Waals surface area (Å²) in [6.45, 7) is 0.938. The topological polar surface area (TPSA) is 9.23 Å². The molecule has 2 unspecified atom stereocenters. The van der Waals surface area contributed by atoms with Gasteiger partial charge in [-0.3, -0.25) is 0 Å². The van der Waals surface area contributed by atoms with Crippen molar-refractivity contribution in [1.29, 1.82) is 0 Å². The maximum atomic E-state index is 6.08. The van der Waals surface area contributed by atoms with E-state index in [0.717, 1.165) is 23.9 Å². The Bertz CT molecular complexity index is 350. The van der Waals surface area contributed by atoms with Crippen LogP contribution in [0.5, 0.6) is 0 Å². The van der Waals surface area contributed by atoms with Crippen LogP contribution in [0, 0.1) is 0 Å². The third-order valence-corrected chi connectivity index (χ3v) is 4.23. The third kappa shape index (κ3) is 3.97. The lowest BCUT2D eigenvalue weighted by Crippen LogP contribution is -2.09. The van der Waals surface area contributed by atoms with E-state index in [2.05, 4.69) is 40.2 Å². The van der Waals surface area contributed by atoms with Gasteiger partial charge in [-0.15, -0.1) is 11.6 Å². The van der Waals surface area contributed by atoms with Crippen LogP contribution in [0.25, 0.3) is 0 Å². The first-order valence-corrected chi connectivity index (χ1v) is 7.55. The molecule has 94 valence electrons. The highest BCUT2D eigenvalue weighted by Gasteiger charge is 2.18. The molecule has 0 saturated carbocycles. The summed E-state index contributed by atoms with van der Waals surface area (Å²) in [6.07, 6.45) is 5.14. The first-order chi connectivity index (χ1) is 8.29. The zero-order valence-electron chi connectivity index (χ0n) is 9.87. The second-order valence-corrected chi connectivity index (χ2v) is 5.84. The molecule has 1 aliphatic heterocycles. The monoisotopic (exact) mass is 316 g/mol. The van der Waals surface area contributed by atoms with Crippen molar-refractivity contribution in [3.05, 3.63) is 34.3 Å². The molecule has 2 atom stereocenters. The fraction of sp³-hybridized carbons (Fsp3) is 0.571. The van der Waals surface area contributed by atoms with Gasteiger partial charge < -0.3 is 4.74 Å². The van der Waals surface area contributed by atoms with Gasteiger partial charge in [0.25, 0.3) is 0 Å². The van der Waals surface area contributed by atoms with Crippen LogP contribution in [0.1, 0.15) is 37.2 Å². The molecule has 17 heavy (non-hydrogen) atoms. The normalized spacial score (nSPS) is 21.6. The average Bonchev–Trinajstić information content (AvgIpc) is 2.83. The second-order valence-electron chi connectivity index (χ2n) is 4.62. The summed E-state index contributed by atoms with van der Waals surface area (Å²) < 4.78 is 6.78. The van der Waals surface area contributed by atoms with Crippen LogP contribution in [-0.4, -0.2) is 18.6 Å². The maximum Gasteiger partial charge on any atom is 0.0576 e. The van der Waals surface area contributed by atoms with Gasteiger partial charge in [0.2, 0.25) is 0 Å². The molecule has 2 rings (SSSR count). The van der Waals surface area contributed by atoms with Crippen LogP contribution in [-0.2, 0) is 4.74 Å². The minimum atomic E-state index is 0.443. The Morgan fingerprint density at radius 2 is 2.35 bits per heavy atom. The van der Waals surface area contributed by atoms with E-state index in [4.69, 9.17) is 16.3 Å². The minimum Gasteiger partial charge on any atom is -0.378 e. The molecule has 1 aliphatic rings. The van der Waals surface area contributed by atoms with Crippen LogP contribution >= 0.6 is 27.5 Å². The molecule has 0 radical (unpaired) electrons. The lowest BCUT2D eigenvalue weighted by atomic mass is 9.94. The Kier molecular flexibility index (Phi) is 5.33. The highest BCUT2D eigenvalue weighted by atomic mass is 79.9. The van der Waals surface area contributed by atoms with Crippen LogP contribution in [0.4, 0.5) is 0 Å². The Morgan fingerprint density at radius 1 is 1.47 bits per heavy atom. The van der Waals surface area contributed by atoms with Crippen LogP contribution in [0.15, 0.2) is 28.7 Å². The molecule has 0 amide bonds. The van der Waals surface area contributed by atoms with E-state index in [-0.39, 0.29) is 0 Å². The summed E-state index contributed by atoms with van der Waals surface area (Å²) in [6, 6.07) is 8.45. The minimum absolute atomic E-state index is 0.443. The fourth-order valence-corrected chi connectivity index (χ4v) is 3.10. The summed E-state index contributed by atoms with van der Waals surface area (Å²) in [5.74, 6) is 1.13. The van der Waals surface area contributed by atoms with Gasteiger partial charge >= 0.3 is 0 Å². The van der Waals surface area contributed by atoms with Gasteiger partial charge in [-0.1, -0.05) is 28.1 Å². The van der Waals surface area contributed by atoms with Gasteiger partial charge in [-0.2, -0.15) is 0 Å². The predicted octanol–water partition coefficient (Wildman–Crippen LogP) is 4.73. The van der Waals surface area contributed by atoms with E-state index in [1.54, 1.807) is 0 Å². The van der Waals surface area contributed by atoms with Crippen LogP contribution < -0.4 is 0 Å². The van der Waals surface area contributed by atoms with Crippen molar-refractivity contribution < 1.29 is 4.74 Å². The molecule has 1 fully saturated rings. The van der Waals surface area contributed by atoms with Crippen molar-refractivity contribution in [3.8, 4) is 0 Å². The lowest BCUT2D eigenvalue weighted by molar-refractivity contribution is 0.101. The largest absolute Gasteiger partial charge is 0.378 e. The number of hydrogen-bond acceptors (Lipinski definition) is 1. The van der Waals surface area contributed by atoms with E-state index in [1.807, 2.05) is 0 Å². The van der Waals surface area contributed by atoms with Gasteiger partial charge in [0.1, 0.15) is 0 Å². The number of alkyl halides is 1. The van der Waals surface area contributed by atoms with Gasteiger partial charge in [0.05, 0.1) is 6.10 Å². The molecule has 0 aliphatic carbocycles.